The molecule has 2 saturated heterocycles. The van der Waals surface area contributed by atoms with Crippen LogP contribution in [0.3, 0.4) is 0 Å². The normalized spacial score (nSPS) is 38.3. The highest BCUT2D eigenvalue weighted by Gasteiger charge is 2.40. The zero-order chi connectivity index (χ0) is 22.3. The Bertz CT molecular complexity index is 527. The zero-order valence-corrected chi connectivity index (χ0v) is 18.2. The molecule has 0 aliphatic carbocycles. The van der Waals surface area contributed by atoms with Crippen molar-refractivity contribution < 1.29 is 50.0 Å². The van der Waals surface area contributed by atoms with Crippen molar-refractivity contribution >= 4 is 29.5 Å². The summed E-state index contributed by atoms with van der Waals surface area (Å²) >= 11 is 2.63. The maximum atomic E-state index is 10.7. The molecule has 2 rings (SSSR count). The molecule has 0 saturated carbocycles. The third-order valence-corrected chi connectivity index (χ3v) is 7.88. The maximum absolute atomic E-state index is 10.7. The number of hydrogen-bond acceptors (Lipinski definition) is 11. The van der Waals surface area contributed by atoms with E-state index in [0.717, 1.165) is 0 Å². The van der Waals surface area contributed by atoms with Crippen LogP contribution >= 0.6 is 23.5 Å². The van der Waals surface area contributed by atoms with E-state index in [-0.39, 0.29) is 24.9 Å². The third kappa shape index (κ3) is 7.76. The van der Waals surface area contributed by atoms with Crippen LogP contribution in [-0.2, 0) is 14.3 Å². The fourth-order valence-electron chi connectivity index (χ4n) is 3.26. The monoisotopic (exact) mass is 472 g/mol. The molecule has 0 bridgehead atoms. The van der Waals surface area contributed by atoms with Crippen LogP contribution in [-0.4, -0.2) is 113 Å². The van der Waals surface area contributed by atoms with Crippen LogP contribution < -0.4 is 0 Å². The van der Waals surface area contributed by atoms with E-state index in [0.29, 0.717) is 31.4 Å². The van der Waals surface area contributed by atoms with Gasteiger partial charge >= 0.3 is 5.97 Å². The van der Waals surface area contributed by atoms with Gasteiger partial charge in [-0.25, -0.2) is 0 Å². The number of carboxylic acids is 1. The minimum Gasteiger partial charge on any atom is -0.481 e. The number of hydrogen-bond donors (Lipinski definition) is 7. The van der Waals surface area contributed by atoms with Crippen LogP contribution in [0.25, 0.3) is 0 Å². The van der Waals surface area contributed by atoms with Crippen molar-refractivity contribution in [2.24, 2.45) is 0 Å². The molecule has 0 radical (unpaired) electrons. The van der Waals surface area contributed by atoms with Gasteiger partial charge in [-0.1, -0.05) is 6.42 Å². The molecule has 2 fully saturated rings. The predicted octanol–water partition coefficient (Wildman–Crippen LogP) is -1.27. The van der Waals surface area contributed by atoms with Gasteiger partial charge in [-0.15, -0.1) is 23.5 Å². The van der Waals surface area contributed by atoms with Gasteiger partial charge in [0.05, 0.1) is 13.2 Å². The lowest BCUT2D eigenvalue weighted by molar-refractivity contribution is -0.161. The first kappa shape index (κ1) is 26.1. The van der Waals surface area contributed by atoms with Crippen molar-refractivity contribution in [1.82, 2.24) is 0 Å². The summed E-state index contributed by atoms with van der Waals surface area (Å²) in [5.41, 5.74) is -1.39. The Morgan fingerprint density at radius 3 is 2.00 bits per heavy atom. The second kappa shape index (κ2) is 12.8. The summed E-state index contributed by atoms with van der Waals surface area (Å²) in [6.45, 7) is -0.149. The Hall–Kier alpha value is -0.150. The number of ether oxygens (including phenoxy) is 2. The Kier molecular flexibility index (Phi) is 11.1. The summed E-state index contributed by atoms with van der Waals surface area (Å²) in [7, 11) is 0. The van der Waals surface area contributed by atoms with Gasteiger partial charge in [-0.2, -0.15) is 0 Å². The molecule has 0 aromatic carbocycles. The van der Waals surface area contributed by atoms with Crippen LogP contribution in [0.15, 0.2) is 0 Å². The highest BCUT2D eigenvalue weighted by atomic mass is 32.2. The van der Waals surface area contributed by atoms with Gasteiger partial charge in [0.2, 0.25) is 0 Å². The van der Waals surface area contributed by atoms with Crippen LogP contribution in [0.2, 0.25) is 0 Å². The van der Waals surface area contributed by atoms with Crippen LogP contribution in [0.5, 0.6) is 0 Å². The second-order valence-electron chi connectivity index (χ2n) is 7.56. The fraction of sp³-hybridized carbons (Fsp3) is 0.944. The lowest BCUT2D eigenvalue weighted by atomic mass is 10.1. The molecule has 2 heterocycles. The number of carboxylic acid groups (broad SMARTS) is 1. The lowest BCUT2D eigenvalue weighted by Crippen LogP contribution is -2.52. The van der Waals surface area contributed by atoms with Crippen molar-refractivity contribution in [3.63, 3.8) is 0 Å². The number of aliphatic hydroxyl groups excluding tert-OH is 6. The van der Waals surface area contributed by atoms with E-state index in [1.807, 2.05) is 0 Å². The second-order valence-corrected chi connectivity index (χ2v) is 10.2. The molecule has 0 aromatic heterocycles. The van der Waals surface area contributed by atoms with E-state index in [9.17, 15) is 35.4 Å². The summed E-state index contributed by atoms with van der Waals surface area (Å²) in [6.07, 6.45) is -4.74. The van der Waals surface area contributed by atoms with E-state index in [1.165, 1.54) is 23.5 Å². The highest BCUT2D eigenvalue weighted by Crippen LogP contribution is 2.34. The summed E-state index contributed by atoms with van der Waals surface area (Å²) in [4.78, 5) is 10.7. The van der Waals surface area contributed by atoms with E-state index >= 15 is 0 Å². The average Bonchev–Trinajstić information content (AvgIpc) is 2.71. The minimum atomic E-state index is -1.29. The molecular weight excluding hydrogens is 440 g/mol. The molecular formula is C18H32O10S2. The third-order valence-electron chi connectivity index (χ3n) is 5.12. The van der Waals surface area contributed by atoms with Crippen molar-refractivity contribution in [2.75, 3.05) is 19.0 Å². The Labute approximate surface area is 183 Å². The number of rotatable bonds is 11. The average molecular weight is 473 g/mol. The van der Waals surface area contributed by atoms with Gasteiger partial charge in [-0.3, -0.25) is 4.79 Å². The van der Waals surface area contributed by atoms with Gasteiger partial charge in [-0.05, 0) is 25.0 Å². The van der Waals surface area contributed by atoms with E-state index in [2.05, 4.69) is 0 Å². The van der Waals surface area contributed by atoms with Crippen molar-refractivity contribution in [3.05, 3.63) is 0 Å². The molecule has 176 valence electrons. The Balaban J connectivity index is 1.85. The van der Waals surface area contributed by atoms with Crippen LogP contribution in [0, 0.1) is 0 Å². The molecule has 7 N–H and O–H groups in total. The Morgan fingerprint density at radius 1 is 0.833 bits per heavy atom. The molecule has 3 unspecified atom stereocenters. The quantitative estimate of drug-likeness (QED) is 0.178. The molecule has 0 aromatic rings. The van der Waals surface area contributed by atoms with Crippen molar-refractivity contribution in [2.45, 2.75) is 84.8 Å². The van der Waals surface area contributed by atoms with Gasteiger partial charge in [0, 0.05) is 11.7 Å². The predicted molar refractivity (Wildman–Crippen MR) is 110 cm³/mol. The maximum Gasteiger partial charge on any atom is 0.303 e. The molecule has 2 aliphatic heterocycles. The summed E-state index contributed by atoms with van der Waals surface area (Å²) in [6, 6.07) is 0. The molecule has 30 heavy (non-hydrogen) atoms. The smallest absolute Gasteiger partial charge is 0.303 e. The van der Waals surface area contributed by atoms with Crippen LogP contribution in [0.4, 0.5) is 0 Å². The summed E-state index contributed by atoms with van der Waals surface area (Å²) in [5.74, 6) is -0.308. The largest absolute Gasteiger partial charge is 0.481 e. The highest BCUT2D eigenvalue weighted by molar-refractivity contribution is 8.01. The first-order valence-corrected chi connectivity index (χ1v) is 12.0. The Morgan fingerprint density at radius 2 is 1.40 bits per heavy atom. The zero-order valence-electron chi connectivity index (χ0n) is 16.5. The number of thioether (sulfide) groups is 2. The summed E-state index contributed by atoms with van der Waals surface area (Å²) in [5, 5.41) is 67.7. The number of aliphatic hydroxyl groups is 6. The van der Waals surface area contributed by atoms with E-state index < -0.39 is 53.5 Å². The number of carbonyl (C=O) groups is 1. The van der Waals surface area contributed by atoms with Crippen molar-refractivity contribution in [1.29, 1.82) is 0 Å². The first-order valence-electron chi connectivity index (χ1n) is 10.0. The summed E-state index contributed by atoms with van der Waals surface area (Å²) < 4.78 is 10.8. The molecule has 2 aliphatic rings. The first-order chi connectivity index (χ1) is 14.2. The topological polar surface area (TPSA) is 177 Å². The molecule has 12 heteroatoms. The van der Waals surface area contributed by atoms with E-state index in [4.69, 9.17) is 14.6 Å². The van der Waals surface area contributed by atoms with Gasteiger partial charge in [0.25, 0.3) is 0 Å². The molecule has 10 nitrogen and oxygen atoms in total. The van der Waals surface area contributed by atoms with Gasteiger partial charge < -0.3 is 45.2 Å². The van der Waals surface area contributed by atoms with Gasteiger partial charge in [0.15, 0.2) is 0 Å². The lowest BCUT2D eigenvalue weighted by Gasteiger charge is -2.37. The van der Waals surface area contributed by atoms with E-state index in [1.54, 1.807) is 0 Å². The molecule has 0 spiro atoms. The number of aliphatic carboxylic acids is 1. The van der Waals surface area contributed by atoms with Crippen LogP contribution in [0.1, 0.15) is 32.1 Å². The molecule has 9 atom stereocenters. The fourth-order valence-corrected chi connectivity index (χ4v) is 6.01. The van der Waals surface area contributed by atoms with Crippen molar-refractivity contribution in [3.8, 4) is 0 Å². The minimum absolute atomic E-state index is 0.0235. The van der Waals surface area contributed by atoms with Gasteiger partial charge in [0.1, 0.15) is 47.5 Å². The standard InChI is InChI=1S/C18H32O10S2/c19-10-7-27-17(15(25)13(10)23)29-6-5-9(3-1-2-4-12(21)22)30-18-16(26)14(24)11(20)8-28-18/h9-11,13-20,23-26H,1-8H2,(H,21,22)/t9?,10-,11-,13?,14?,15-,16-,17+,18+/m1/s1. The SMILES string of the molecule is O=C(O)CCCCC(CCS[C@@H]1OC[C@@H](O)C(O)[C@H]1O)S[C@@H]1OC[C@@H](O)C(O)[C@H]1O. The number of unbranched alkanes of at least 4 members (excludes halogenated alkanes) is 1. The molecule has 0 amide bonds.